The third-order valence-corrected chi connectivity index (χ3v) is 4.96. The minimum atomic E-state index is -0.317. The second-order valence-corrected chi connectivity index (χ2v) is 7.13. The van der Waals surface area contributed by atoms with Gasteiger partial charge in [0.15, 0.2) is 0 Å². The second kappa shape index (κ2) is 11.2. The van der Waals surface area contributed by atoms with Crippen LogP contribution in [0, 0.1) is 11.2 Å². The van der Waals surface area contributed by atoms with Crippen LogP contribution in [0.2, 0.25) is 0 Å². The summed E-state index contributed by atoms with van der Waals surface area (Å²) in [5.41, 5.74) is 7.48. The third kappa shape index (κ3) is 5.79. The molecule has 0 saturated carbocycles. The number of halogens is 1. The molecule has 3 aromatic rings. The van der Waals surface area contributed by atoms with Gasteiger partial charge in [0.1, 0.15) is 35.3 Å². The Morgan fingerprint density at radius 3 is 2.38 bits per heavy atom. The van der Waals surface area contributed by atoms with Crippen molar-refractivity contribution >= 4 is 17.3 Å². The number of hydrogen-bond donors (Lipinski definition) is 4. The molecule has 2 heterocycles. The molecular formula is C24H29FN6O. The highest BCUT2D eigenvalue weighted by atomic mass is 19.1. The van der Waals surface area contributed by atoms with Crippen LogP contribution in [-0.2, 0) is 0 Å². The Labute approximate surface area is 187 Å². The number of nitrogens with two attached hydrogens (primary N) is 1. The Hall–Kier alpha value is -3.52. The zero-order valence-electron chi connectivity index (χ0n) is 18.4. The Balaban J connectivity index is 0.00000141. The fourth-order valence-corrected chi connectivity index (χ4v) is 3.40. The molecule has 168 valence electrons. The van der Waals surface area contributed by atoms with Crippen molar-refractivity contribution < 1.29 is 9.13 Å². The number of nitrogen functional groups attached to an aromatic ring is 1. The van der Waals surface area contributed by atoms with E-state index in [2.05, 4.69) is 20.6 Å². The molecule has 1 aliphatic heterocycles. The van der Waals surface area contributed by atoms with Crippen LogP contribution in [0.5, 0.6) is 11.5 Å². The van der Waals surface area contributed by atoms with E-state index >= 15 is 0 Å². The van der Waals surface area contributed by atoms with Crippen LogP contribution in [0.25, 0.3) is 0 Å². The Bertz CT molecular complexity index is 1020. The molecule has 7 nitrogen and oxygen atoms in total. The summed E-state index contributed by atoms with van der Waals surface area (Å²) in [7, 11) is 0. The van der Waals surface area contributed by atoms with Crippen LogP contribution in [-0.4, -0.2) is 34.8 Å². The monoisotopic (exact) mass is 436 g/mol. The minimum absolute atomic E-state index is 0.228. The Kier molecular flexibility index (Phi) is 8.10. The summed E-state index contributed by atoms with van der Waals surface area (Å²) in [5.74, 6) is 1.62. The van der Waals surface area contributed by atoms with Crippen molar-refractivity contribution in [2.24, 2.45) is 0 Å². The molecule has 1 saturated heterocycles. The Morgan fingerprint density at radius 1 is 1.09 bits per heavy atom. The van der Waals surface area contributed by atoms with Gasteiger partial charge in [-0.2, -0.15) is 0 Å². The van der Waals surface area contributed by atoms with Crippen molar-refractivity contribution in [2.75, 3.05) is 24.1 Å². The maximum absolute atomic E-state index is 13.0. The van der Waals surface area contributed by atoms with Crippen LogP contribution in [0.15, 0.2) is 54.9 Å². The first-order valence-electron chi connectivity index (χ1n) is 10.8. The minimum Gasteiger partial charge on any atom is -0.457 e. The van der Waals surface area contributed by atoms with Gasteiger partial charge in [-0.25, -0.2) is 14.4 Å². The molecule has 0 aliphatic carbocycles. The largest absolute Gasteiger partial charge is 0.457 e. The van der Waals surface area contributed by atoms with E-state index in [1.807, 2.05) is 13.8 Å². The van der Waals surface area contributed by atoms with Crippen LogP contribution < -0.4 is 21.1 Å². The zero-order valence-corrected chi connectivity index (χ0v) is 18.4. The molecule has 4 rings (SSSR count). The van der Waals surface area contributed by atoms with Crippen molar-refractivity contribution in [2.45, 2.75) is 32.7 Å². The van der Waals surface area contributed by atoms with Gasteiger partial charge in [-0.05, 0) is 67.9 Å². The first kappa shape index (κ1) is 23.1. The average Bonchev–Trinajstić information content (AvgIpc) is 2.83. The van der Waals surface area contributed by atoms with Crippen LogP contribution in [0.4, 0.5) is 16.0 Å². The molecule has 1 aliphatic rings. The lowest BCUT2D eigenvalue weighted by Gasteiger charge is -2.25. The van der Waals surface area contributed by atoms with Gasteiger partial charge in [0.05, 0.1) is 11.3 Å². The molecule has 0 amide bonds. The predicted octanol–water partition coefficient (Wildman–Crippen LogP) is 4.60. The lowest BCUT2D eigenvalue weighted by molar-refractivity contribution is 0.479. The molecular weight excluding hydrogens is 407 g/mol. The van der Waals surface area contributed by atoms with E-state index in [1.54, 1.807) is 36.4 Å². The highest BCUT2D eigenvalue weighted by Crippen LogP contribution is 2.26. The lowest BCUT2D eigenvalue weighted by Crippen LogP contribution is -2.39. The predicted molar refractivity (Wildman–Crippen MR) is 126 cm³/mol. The van der Waals surface area contributed by atoms with Gasteiger partial charge in [-0.15, -0.1) is 0 Å². The second-order valence-electron chi connectivity index (χ2n) is 7.13. The maximum atomic E-state index is 13.0. The molecule has 0 bridgehead atoms. The summed E-state index contributed by atoms with van der Waals surface area (Å²) in [6.45, 7) is 5.85. The van der Waals surface area contributed by atoms with Gasteiger partial charge in [0.2, 0.25) is 0 Å². The standard InChI is InChI=1S/C22H23FN6O.C2H6/c23-15-5-9-18(10-6-15)30-17-7-3-14(4-8-17)20(24)19-21(25)27-13-28-22(19)29-16-2-1-11-26-12-16;1-2/h3-10,13,16,24,26H,1-2,11-12H2,(H3,25,27,28,29);1-2H3. The molecule has 0 spiro atoms. The molecule has 1 fully saturated rings. The number of nitrogens with one attached hydrogen (secondary N) is 3. The van der Waals surface area contributed by atoms with Gasteiger partial charge >= 0.3 is 0 Å². The first-order chi connectivity index (χ1) is 15.6. The van der Waals surface area contributed by atoms with E-state index in [0.29, 0.717) is 28.4 Å². The van der Waals surface area contributed by atoms with Crippen molar-refractivity contribution in [1.29, 1.82) is 5.41 Å². The summed E-state index contributed by atoms with van der Waals surface area (Å²) >= 11 is 0. The molecule has 5 N–H and O–H groups in total. The average molecular weight is 437 g/mol. The summed E-state index contributed by atoms with van der Waals surface area (Å²) in [6, 6.07) is 13.1. The van der Waals surface area contributed by atoms with Gasteiger partial charge in [0, 0.05) is 18.2 Å². The fourth-order valence-electron chi connectivity index (χ4n) is 3.40. The van der Waals surface area contributed by atoms with Gasteiger partial charge in [-0.3, -0.25) is 5.41 Å². The van der Waals surface area contributed by atoms with Crippen molar-refractivity contribution in [3.63, 3.8) is 0 Å². The number of ether oxygens (including phenoxy) is 1. The molecule has 8 heteroatoms. The Morgan fingerprint density at radius 2 is 1.75 bits per heavy atom. The molecule has 0 radical (unpaired) electrons. The quantitative estimate of drug-likeness (QED) is 0.421. The normalized spacial score (nSPS) is 15.3. The van der Waals surface area contributed by atoms with Gasteiger partial charge in [-0.1, -0.05) is 13.8 Å². The molecule has 1 aromatic heterocycles. The zero-order chi connectivity index (χ0) is 22.9. The maximum Gasteiger partial charge on any atom is 0.141 e. The first-order valence-corrected chi connectivity index (χ1v) is 10.8. The number of benzene rings is 2. The smallest absolute Gasteiger partial charge is 0.141 e. The van der Waals surface area contributed by atoms with Crippen LogP contribution in [0.1, 0.15) is 37.8 Å². The number of anilines is 2. The molecule has 1 unspecified atom stereocenters. The molecule has 32 heavy (non-hydrogen) atoms. The van der Waals surface area contributed by atoms with E-state index in [0.717, 1.165) is 25.9 Å². The number of piperidine rings is 1. The van der Waals surface area contributed by atoms with Crippen molar-refractivity contribution in [3.8, 4) is 11.5 Å². The van der Waals surface area contributed by atoms with Gasteiger partial charge < -0.3 is 21.1 Å². The summed E-state index contributed by atoms with van der Waals surface area (Å²) < 4.78 is 18.7. The fraction of sp³-hybridized carbons (Fsp3) is 0.292. The topological polar surface area (TPSA) is 109 Å². The number of hydrogen-bond acceptors (Lipinski definition) is 7. The number of aromatic nitrogens is 2. The molecule has 1 atom stereocenters. The van der Waals surface area contributed by atoms with Crippen molar-refractivity contribution in [3.05, 3.63) is 71.8 Å². The summed E-state index contributed by atoms with van der Waals surface area (Å²) in [6.07, 6.45) is 3.52. The highest BCUT2D eigenvalue weighted by molar-refractivity contribution is 6.16. The van der Waals surface area contributed by atoms with E-state index in [1.165, 1.54) is 18.5 Å². The van der Waals surface area contributed by atoms with E-state index in [4.69, 9.17) is 15.9 Å². The summed E-state index contributed by atoms with van der Waals surface area (Å²) in [4.78, 5) is 8.41. The SMILES string of the molecule is CC.N=C(c1ccc(Oc2ccc(F)cc2)cc1)c1c(N)ncnc1NC1CCCNC1. The lowest BCUT2D eigenvalue weighted by atomic mass is 10.0. The molecule has 2 aromatic carbocycles. The number of nitrogens with zero attached hydrogens (tertiary/aromatic N) is 2. The van der Waals surface area contributed by atoms with E-state index < -0.39 is 0 Å². The number of rotatable bonds is 6. The van der Waals surface area contributed by atoms with Crippen LogP contribution in [0.3, 0.4) is 0 Å². The van der Waals surface area contributed by atoms with Crippen molar-refractivity contribution in [1.82, 2.24) is 15.3 Å². The van der Waals surface area contributed by atoms with Crippen LogP contribution >= 0.6 is 0 Å². The van der Waals surface area contributed by atoms with Gasteiger partial charge in [0.25, 0.3) is 0 Å². The van der Waals surface area contributed by atoms with E-state index in [9.17, 15) is 4.39 Å². The highest BCUT2D eigenvalue weighted by Gasteiger charge is 2.20. The summed E-state index contributed by atoms with van der Waals surface area (Å²) in [5, 5.41) is 15.4. The third-order valence-electron chi connectivity index (χ3n) is 4.96. The van der Waals surface area contributed by atoms with E-state index in [-0.39, 0.29) is 23.4 Å².